The van der Waals surface area contributed by atoms with Gasteiger partial charge in [0.15, 0.2) is 0 Å². The Morgan fingerprint density at radius 3 is 2.71 bits per heavy atom. The van der Waals surface area contributed by atoms with E-state index in [9.17, 15) is 8.42 Å². The summed E-state index contributed by atoms with van der Waals surface area (Å²) in [7, 11) is -2.92. The number of pyridine rings is 1. The molecule has 0 amide bonds. The Kier molecular flexibility index (Phi) is 3.71. The number of hydrogen-bond acceptors (Lipinski definition) is 4. The molecular formula is C8H11ClN2O2S. The largest absolute Gasteiger partial charge is 0.369 e. The summed E-state index contributed by atoms with van der Waals surface area (Å²) in [6.07, 6.45) is 2.70. The van der Waals surface area contributed by atoms with Crippen LogP contribution in [0.1, 0.15) is 0 Å². The van der Waals surface area contributed by atoms with Gasteiger partial charge in [0.1, 0.15) is 15.7 Å². The minimum Gasteiger partial charge on any atom is -0.369 e. The van der Waals surface area contributed by atoms with Crippen LogP contribution in [-0.4, -0.2) is 32.0 Å². The lowest BCUT2D eigenvalue weighted by Crippen LogP contribution is -2.14. The molecule has 1 heterocycles. The minimum absolute atomic E-state index is 0.0946. The molecule has 0 aliphatic heterocycles. The highest BCUT2D eigenvalue weighted by molar-refractivity contribution is 7.90. The first-order valence-electron chi connectivity index (χ1n) is 4.00. The Morgan fingerprint density at radius 1 is 1.50 bits per heavy atom. The molecule has 6 heteroatoms. The molecule has 78 valence electrons. The third-order valence-corrected chi connectivity index (χ3v) is 2.68. The second-order valence-electron chi connectivity index (χ2n) is 2.92. The van der Waals surface area contributed by atoms with Crippen molar-refractivity contribution in [1.29, 1.82) is 0 Å². The van der Waals surface area contributed by atoms with E-state index in [1.54, 1.807) is 12.1 Å². The summed E-state index contributed by atoms with van der Waals surface area (Å²) in [4.78, 5) is 3.96. The number of nitrogens with one attached hydrogen (secondary N) is 1. The standard InChI is InChI=1S/C8H11ClN2O2S/c1-14(12,13)5-4-10-8-3-2-7(9)6-11-8/h2-3,6H,4-5H2,1H3,(H,10,11). The summed E-state index contributed by atoms with van der Waals surface area (Å²) < 4.78 is 21.6. The van der Waals surface area contributed by atoms with Crippen LogP contribution in [0.4, 0.5) is 5.82 Å². The van der Waals surface area contributed by atoms with Crippen LogP contribution >= 0.6 is 11.6 Å². The Balaban J connectivity index is 2.43. The molecule has 0 atom stereocenters. The molecule has 1 aromatic rings. The average Bonchev–Trinajstić information content (AvgIpc) is 2.06. The SMILES string of the molecule is CS(=O)(=O)CCNc1ccc(Cl)cn1. The van der Waals surface area contributed by atoms with Gasteiger partial charge in [-0.25, -0.2) is 13.4 Å². The first-order chi connectivity index (χ1) is 6.47. The van der Waals surface area contributed by atoms with Crippen molar-refractivity contribution < 1.29 is 8.42 Å². The van der Waals surface area contributed by atoms with Gasteiger partial charge in [0.25, 0.3) is 0 Å². The highest BCUT2D eigenvalue weighted by atomic mass is 35.5. The number of hydrogen-bond donors (Lipinski definition) is 1. The van der Waals surface area contributed by atoms with Gasteiger partial charge in [-0.2, -0.15) is 0 Å². The number of rotatable bonds is 4. The predicted molar refractivity (Wildman–Crippen MR) is 57.4 cm³/mol. The quantitative estimate of drug-likeness (QED) is 0.850. The average molecular weight is 235 g/mol. The molecule has 0 unspecified atom stereocenters. The van der Waals surface area contributed by atoms with Crippen molar-refractivity contribution in [2.75, 3.05) is 23.9 Å². The van der Waals surface area contributed by atoms with E-state index in [0.717, 1.165) is 0 Å². The van der Waals surface area contributed by atoms with Crippen LogP contribution in [-0.2, 0) is 9.84 Å². The summed E-state index contributed by atoms with van der Waals surface area (Å²) in [5.74, 6) is 0.718. The monoisotopic (exact) mass is 234 g/mol. The lowest BCUT2D eigenvalue weighted by Gasteiger charge is -2.03. The highest BCUT2D eigenvalue weighted by Crippen LogP contribution is 2.08. The zero-order chi connectivity index (χ0) is 10.6. The summed E-state index contributed by atoms with van der Waals surface area (Å²) in [5, 5.41) is 3.43. The van der Waals surface area contributed by atoms with Gasteiger partial charge < -0.3 is 5.32 Å². The fourth-order valence-electron chi connectivity index (χ4n) is 0.845. The third-order valence-electron chi connectivity index (χ3n) is 1.51. The Labute approximate surface area is 88.2 Å². The van der Waals surface area contributed by atoms with E-state index < -0.39 is 9.84 Å². The van der Waals surface area contributed by atoms with Gasteiger partial charge in [0, 0.05) is 19.0 Å². The molecule has 0 aromatic carbocycles. The summed E-state index contributed by atoms with van der Waals surface area (Å²) in [5.41, 5.74) is 0. The normalized spacial score (nSPS) is 11.3. The third kappa shape index (κ3) is 4.43. The van der Waals surface area contributed by atoms with Crippen molar-refractivity contribution in [2.45, 2.75) is 0 Å². The van der Waals surface area contributed by atoms with Crippen LogP contribution in [0.25, 0.3) is 0 Å². The zero-order valence-corrected chi connectivity index (χ0v) is 9.27. The highest BCUT2D eigenvalue weighted by Gasteiger charge is 2.01. The van der Waals surface area contributed by atoms with E-state index in [1.165, 1.54) is 12.5 Å². The van der Waals surface area contributed by atoms with E-state index in [1.807, 2.05) is 0 Å². The number of sulfone groups is 1. The Bertz CT molecular complexity index is 388. The topological polar surface area (TPSA) is 59.1 Å². The lowest BCUT2D eigenvalue weighted by molar-refractivity contribution is 0.602. The van der Waals surface area contributed by atoms with Gasteiger partial charge in [-0.15, -0.1) is 0 Å². The van der Waals surface area contributed by atoms with Crippen molar-refractivity contribution in [2.24, 2.45) is 0 Å². The second kappa shape index (κ2) is 4.61. The number of halogens is 1. The molecule has 0 aliphatic rings. The number of nitrogens with zero attached hydrogens (tertiary/aromatic N) is 1. The molecule has 0 fully saturated rings. The van der Waals surface area contributed by atoms with Gasteiger partial charge >= 0.3 is 0 Å². The van der Waals surface area contributed by atoms with Crippen LogP contribution in [0, 0.1) is 0 Å². The van der Waals surface area contributed by atoms with Gasteiger partial charge in [-0.05, 0) is 12.1 Å². The fourth-order valence-corrected chi connectivity index (χ4v) is 1.43. The summed E-state index contributed by atoms with van der Waals surface area (Å²) in [6.45, 7) is 0.355. The molecule has 0 bridgehead atoms. The molecular weight excluding hydrogens is 224 g/mol. The van der Waals surface area contributed by atoms with Crippen LogP contribution < -0.4 is 5.32 Å². The van der Waals surface area contributed by atoms with Crippen molar-refractivity contribution in [3.05, 3.63) is 23.4 Å². The van der Waals surface area contributed by atoms with Crippen molar-refractivity contribution >= 4 is 27.3 Å². The lowest BCUT2D eigenvalue weighted by atomic mass is 10.4. The van der Waals surface area contributed by atoms with Crippen molar-refractivity contribution in [3.63, 3.8) is 0 Å². The maximum Gasteiger partial charge on any atom is 0.149 e. The maximum atomic E-state index is 10.8. The molecule has 4 nitrogen and oxygen atoms in total. The second-order valence-corrected chi connectivity index (χ2v) is 5.61. The van der Waals surface area contributed by atoms with Gasteiger partial charge in [0.05, 0.1) is 10.8 Å². The van der Waals surface area contributed by atoms with Crippen molar-refractivity contribution in [3.8, 4) is 0 Å². The van der Waals surface area contributed by atoms with Gasteiger partial charge in [-0.3, -0.25) is 0 Å². The molecule has 1 rings (SSSR count). The number of anilines is 1. The van der Waals surface area contributed by atoms with Crippen LogP contribution in [0.15, 0.2) is 18.3 Å². The summed E-state index contributed by atoms with van der Waals surface area (Å²) >= 11 is 5.63. The first-order valence-corrected chi connectivity index (χ1v) is 6.44. The first kappa shape index (κ1) is 11.3. The van der Waals surface area contributed by atoms with E-state index >= 15 is 0 Å². The van der Waals surface area contributed by atoms with Crippen LogP contribution in [0.3, 0.4) is 0 Å². The van der Waals surface area contributed by atoms with E-state index in [-0.39, 0.29) is 5.75 Å². The number of aromatic nitrogens is 1. The Hall–Kier alpha value is -0.810. The van der Waals surface area contributed by atoms with Gasteiger partial charge in [0.2, 0.25) is 0 Å². The summed E-state index contributed by atoms with van der Waals surface area (Å²) in [6, 6.07) is 3.39. The smallest absolute Gasteiger partial charge is 0.149 e. The van der Waals surface area contributed by atoms with E-state index in [2.05, 4.69) is 10.3 Å². The molecule has 0 saturated carbocycles. The van der Waals surface area contributed by atoms with Crippen molar-refractivity contribution in [1.82, 2.24) is 4.98 Å². The molecule has 1 N–H and O–H groups in total. The molecule has 14 heavy (non-hydrogen) atoms. The molecule has 1 aromatic heterocycles. The minimum atomic E-state index is -2.92. The van der Waals surface area contributed by atoms with E-state index in [0.29, 0.717) is 17.4 Å². The van der Waals surface area contributed by atoms with E-state index in [4.69, 9.17) is 11.6 Å². The molecule has 0 spiro atoms. The maximum absolute atomic E-state index is 10.8. The zero-order valence-electron chi connectivity index (χ0n) is 7.70. The predicted octanol–water partition coefficient (Wildman–Crippen LogP) is 1.19. The fraction of sp³-hybridized carbons (Fsp3) is 0.375. The van der Waals surface area contributed by atoms with Gasteiger partial charge in [-0.1, -0.05) is 11.6 Å². The van der Waals surface area contributed by atoms with Crippen LogP contribution in [0.2, 0.25) is 5.02 Å². The Morgan fingerprint density at radius 2 is 2.21 bits per heavy atom. The van der Waals surface area contributed by atoms with Crippen LogP contribution in [0.5, 0.6) is 0 Å². The molecule has 0 aliphatic carbocycles. The molecule has 0 radical (unpaired) electrons. The molecule has 0 saturated heterocycles.